The SMILES string of the molecule is CNC(=O)C1CCN(C(c2cccc(F)c2)C(C)N)CC1. The number of rotatable bonds is 4. The Morgan fingerprint density at radius 1 is 1.43 bits per heavy atom. The summed E-state index contributed by atoms with van der Waals surface area (Å²) in [4.78, 5) is 14.0. The number of hydrogen-bond acceptors (Lipinski definition) is 3. The molecule has 1 heterocycles. The van der Waals surface area contributed by atoms with E-state index in [1.807, 2.05) is 13.0 Å². The minimum atomic E-state index is -0.238. The standard InChI is InChI=1S/C16H24FN3O/c1-11(18)15(13-4-3-5-14(17)10-13)20-8-6-12(7-9-20)16(21)19-2/h3-5,10-12,15H,6-9,18H2,1-2H3,(H,19,21). The highest BCUT2D eigenvalue weighted by molar-refractivity contribution is 5.78. The van der Waals surface area contributed by atoms with Gasteiger partial charge in [0, 0.05) is 25.0 Å². The van der Waals surface area contributed by atoms with Crippen LogP contribution in [0.15, 0.2) is 24.3 Å². The molecule has 2 unspecified atom stereocenters. The maximum absolute atomic E-state index is 13.5. The fourth-order valence-electron chi connectivity index (χ4n) is 3.18. The minimum Gasteiger partial charge on any atom is -0.359 e. The highest BCUT2D eigenvalue weighted by Gasteiger charge is 2.30. The summed E-state index contributed by atoms with van der Waals surface area (Å²) in [6.45, 7) is 3.56. The van der Waals surface area contributed by atoms with E-state index >= 15 is 0 Å². The van der Waals surface area contributed by atoms with E-state index in [1.54, 1.807) is 19.2 Å². The molecule has 5 heteroatoms. The number of carbonyl (C=O) groups excluding carboxylic acids is 1. The topological polar surface area (TPSA) is 58.4 Å². The molecule has 0 bridgehead atoms. The van der Waals surface area contributed by atoms with Gasteiger partial charge in [0.25, 0.3) is 0 Å². The van der Waals surface area contributed by atoms with Crippen LogP contribution in [-0.2, 0) is 4.79 Å². The van der Waals surface area contributed by atoms with Crippen LogP contribution in [-0.4, -0.2) is 37.0 Å². The maximum Gasteiger partial charge on any atom is 0.222 e. The van der Waals surface area contributed by atoms with Gasteiger partial charge in [0.2, 0.25) is 5.91 Å². The van der Waals surface area contributed by atoms with E-state index in [-0.39, 0.29) is 29.7 Å². The first-order valence-corrected chi connectivity index (χ1v) is 7.49. The number of piperidine rings is 1. The summed E-state index contributed by atoms with van der Waals surface area (Å²) in [5.41, 5.74) is 7.03. The van der Waals surface area contributed by atoms with Crippen LogP contribution in [0.1, 0.15) is 31.4 Å². The molecule has 2 rings (SSSR count). The van der Waals surface area contributed by atoms with Crippen LogP contribution in [0.3, 0.4) is 0 Å². The van der Waals surface area contributed by atoms with Crippen LogP contribution in [0.2, 0.25) is 0 Å². The van der Waals surface area contributed by atoms with Crippen LogP contribution in [0.4, 0.5) is 4.39 Å². The Morgan fingerprint density at radius 2 is 2.10 bits per heavy atom. The third-order valence-corrected chi connectivity index (χ3v) is 4.23. The molecule has 0 saturated carbocycles. The minimum absolute atomic E-state index is 0.00802. The smallest absolute Gasteiger partial charge is 0.222 e. The summed E-state index contributed by atoms with van der Waals surface area (Å²) in [5, 5.41) is 2.71. The van der Waals surface area contributed by atoms with E-state index in [0.717, 1.165) is 31.5 Å². The Kier molecular flexibility index (Phi) is 5.31. The normalized spacial score (nSPS) is 20.0. The van der Waals surface area contributed by atoms with Crippen molar-refractivity contribution >= 4 is 5.91 Å². The second kappa shape index (κ2) is 7.00. The van der Waals surface area contributed by atoms with Crippen molar-refractivity contribution in [1.82, 2.24) is 10.2 Å². The number of halogens is 1. The molecule has 1 fully saturated rings. The Bertz CT molecular complexity index is 484. The molecule has 0 radical (unpaired) electrons. The lowest BCUT2D eigenvalue weighted by Gasteiger charge is -2.39. The summed E-state index contributed by atoms with van der Waals surface area (Å²) in [7, 11) is 1.67. The molecule has 4 nitrogen and oxygen atoms in total. The first-order chi connectivity index (χ1) is 10.0. The van der Waals surface area contributed by atoms with Crippen molar-refractivity contribution in [2.75, 3.05) is 20.1 Å². The second-order valence-corrected chi connectivity index (χ2v) is 5.78. The Labute approximate surface area is 125 Å². The Morgan fingerprint density at radius 3 is 2.62 bits per heavy atom. The van der Waals surface area contributed by atoms with Gasteiger partial charge >= 0.3 is 0 Å². The lowest BCUT2D eigenvalue weighted by Crippen LogP contribution is -2.45. The van der Waals surface area contributed by atoms with E-state index in [4.69, 9.17) is 5.73 Å². The van der Waals surface area contributed by atoms with E-state index in [0.29, 0.717) is 0 Å². The number of nitrogens with one attached hydrogen (secondary N) is 1. The lowest BCUT2D eigenvalue weighted by molar-refractivity contribution is -0.126. The van der Waals surface area contributed by atoms with Gasteiger partial charge in [-0.05, 0) is 50.6 Å². The number of hydrogen-bond donors (Lipinski definition) is 2. The average molecular weight is 293 g/mol. The highest BCUT2D eigenvalue weighted by Crippen LogP contribution is 2.29. The van der Waals surface area contributed by atoms with Crippen molar-refractivity contribution in [3.8, 4) is 0 Å². The number of nitrogens with zero attached hydrogens (tertiary/aromatic N) is 1. The van der Waals surface area contributed by atoms with Gasteiger partial charge in [-0.15, -0.1) is 0 Å². The molecular weight excluding hydrogens is 269 g/mol. The van der Waals surface area contributed by atoms with Gasteiger partial charge in [-0.2, -0.15) is 0 Å². The zero-order valence-corrected chi connectivity index (χ0v) is 12.7. The summed E-state index contributed by atoms with van der Waals surface area (Å²) >= 11 is 0. The predicted octanol–water partition coefficient (Wildman–Crippen LogP) is 1.67. The van der Waals surface area contributed by atoms with Crippen molar-refractivity contribution in [3.05, 3.63) is 35.6 Å². The van der Waals surface area contributed by atoms with Crippen molar-refractivity contribution in [3.63, 3.8) is 0 Å². The third-order valence-electron chi connectivity index (χ3n) is 4.23. The molecule has 0 aromatic heterocycles. The van der Waals surface area contributed by atoms with Crippen LogP contribution in [0.25, 0.3) is 0 Å². The van der Waals surface area contributed by atoms with Gasteiger partial charge in [0.05, 0.1) is 0 Å². The molecule has 1 aliphatic heterocycles. The van der Waals surface area contributed by atoms with Crippen LogP contribution in [0.5, 0.6) is 0 Å². The van der Waals surface area contributed by atoms with Crippen molar-refractivity contribution in [2.45, 2.75) is 31.8 Å². The van der Waals surface area contributed by atoms with Gasteiger partial charge in [-0.25, -0.2) is 4.39 Å². The van der Waals surface area contributed by atoms with Crippen LogP contribution in [0, 0.1) is 11.7 Å². The molecule has 21 heavy (non-hydrogen) atoms. The molecule has 2 atom stereocenters. The largest absolute Gasteiger partial charge is 0.359 e. The predicted molar refractivity (Wildman–Crippen MR) is 81.2 cm³/mol. The van der Waals surface area contributed by atoms with Gasteiger partial charge in [0.15, 0.2) is 0 Å². The summed E-state index contributed by atoms with van der Waals surface area (Å²) < 4.78 is 13.5. The zero-order chi connectivity index (χ0) is 15.4. The highest BCUT2D eigenvalue weighted by atomic mass is 19.1. The number of nitrogens with two attached hydrogens (primary N) is 1. The maximum atomic E-state index is 13.5. The molecule has 1 saturated heterocycles. The Hall–Kier alpha value is -1.46. The fourth-order valence-corrected chi connectivity index (χ4v) is 3.18. The molecule has 116 valence electrons. The number of benzene rings is 1. The molecule has 0 spiro atoms. The Balaban J connectivity index is 2.09. The van der Waals surface area contributed by atoms with Gasteiger partial charge in [-0.1, -0.05) is 12.1 Å². The first-order valence-electron chi connectivity index (χ1n) is 7.49. The number of carbonyl (C=O) groups is 1. The van der Waals surface area contributed by atoms with Crippen molar-refractivity contribution in [1.29, 1.82) is 0 Å². The van der Waals surface area contributed by atoms with E-state index in [2.05, 4.69) is 10.2 Å². The molecule has 3 N–H and O–H groups in total. The average Bonchev–Trinajstić information content (AvgIpc) is 2.47. The van der Waals surface area contributed by atoms with Crippen LogP contribution >= 0.6 is 0 Å². The molecule has 1 aliphatic rings. The van der Waals surface area contributed by atoms with Crippen molar-refractivity contribution < 1.29 is 9.18 Å². The number of amides is 1. The fraction of sp³-hybridized carbons (Fsp3) is 0.562. The summed E-state index contributed by atoms with van der Waals surface area (Å²) in [5.74, 6) is -0.0522. The van der Waals surface area contributed by atoms with Crippen molar-refractivity contribution in [2.24, 2.45) is 11.7 Å². The monoisotopic (exact) mass is 293 g/mol. The molecule has 0 aliphatic carbocycles. The van der Waals surface area contributed by atoms with Gasteiger partial charge in [-0.3, -0.25) is 9.69 Å². The molecule has 1 amide bonds. The van der Waals surface area contributed by atoms with Gasteiger partial charge in [0.1, 0.15) is 5.82 Å². The number of likely N-dealkylation sites (tertiary alicyclic amines) is 1. The summed E-state index contributed by atoms with van der Waals surface area (Å²) in [6.07, 6.45) is 1.64. The van der Waals surface area contributed by atoms with Gasteiger partial charge < -0.3 is 11.1 Å². The van der Waals surface area contributed by atoms with E-state index in [1.165, 1.54) is 6.07 Å². The first kappa shape index (κ1) is 15.9. The van der Waals surface area contributed by atoms with E-state index < -0.39 is 0 Å². The molecular formula is C16H24FN3O. The lowest BCUT2D eigenvalue weighted by atomic mass is 9.91. The molecule has 1 aromatic rings. The zero-order valence-electron chi connectivity index (χ0n) is 12.7. The quantitative estimate of drug-likeness (QED) is 0.888. The van der Waals surface area contributed by atoms with E-state index in [9.17, 15) is 9.18 Å². The summed E-state index contributed by atoms with van der Waals surface area (Å²) in [6, 6.07) is 6.53. The molecule has 1 aromatic carbocycles. The third kappa shape index (κ3) is 3.80. The second-order valence-electron chi connectivity index (χ2n) is 5.78. The van der Waals surface area contributed by atoms with Crippen LogP contribution < -0.4 is 11.1 Å².